The molecule has 0 aromatic carbocycles. The van der Waals surface area contributed by atoms with E-state index >= 15 is 0 Å². The van der Waals surface area contributed by atoms with Crippen molar-refractivity contribution in [2.45, 2.75) is 25.0 Å². The maximum atomic E-state index is 11.6. The fourth-order valence-corrected chi connectivity index (χ4v) is 1.97. The van der Waals surface area contributed by atoms with Gasteiger partial charge in [0.15, 0.2) is 0 Å². The number of carboxylic acids is 1. The number of carbonyl (C=O) groups is 1. The van der Waals surface area contributed by atoms with Crippen LogP contribution in [0.1, 0.15) is 20.3 Å². The van der Waals surface area contributed by atoms with E-state index in [0.717, 1.165) is 0 Å². The van der Waals surface area contributed by atoms with E-state index in [9.17, 15) is 9.00 Å². The predicted octanol–water partition coefficient (Wildman–Crippen LogP) is 0.651. The molecule has 96 valence electrons. The molecule has 0 aliphatic heterocycles. The minimum Gasteiger partial charge on any atom is -0.480 e. The van der Waals surface area contributed by atoms with Crippen molar-refractivity contribution in [2.24, 2.45) is 0 Å². The van der Waals surface area contributed by atoms with Crippen LogP contribution < -0.4 is 0 Å². The molecule has 0 aromatic heterocycles. The van der Waals surface area contributed by atoms with Crippen LogP contribution in [0.2, 0.25) is 0 Å². The first-order valence-electron chi connectivity index (χ1n) is 5.11. The highest BCUT2D eigenvalue weighted by molar-refractivity contribution is 7.87. The summed E-state index contributed by atoms with van der Waals surface area (Å²) in [5.41, 5.74) is 0. The number of rotatable bonds is 9. The van der Waals surface area contributed by atoms with Gasteiger partial charge >= 0.3 is 5.97 Å². The summed E-state index contributed by atoms with van der Waals surface area (Å²) >= 11 is 0. The minimum absolute atomic E-state index is 0.340. The fourth-order valence-electron chi connectivity index (χ4n) is 0.889. The zero-order valence-electron chi connectivity index (χ0n) is 10.0. The Morgan fingerprint density at radius 1 is 1.31 bits per heavy atom. The van der Waals surface area contributed by atoms with Gasteiger partial charge < -0.3 is 14.6 Å². The molecule has 0 heterocycles. The van der Waals surface area contributed by atoms with Crippen molar-refractivity contribution >= 4 is 16.8 Å². The zero-order chi connectivity index (χ0) is 12.6. The molecule has 0 fully saturated rings. The molecule has 0 spiro atoms. The second-order valence-electron chi connectivity index (χ2n) is 3.82. The summed E-state index contributed by atoms with van der Waals surface area (Å²) in [6, 6.07) is 0. The standard InChI is InChI=1S/C10H20O5S/c1-10(2,9(11)12)16(13)8-4-5-15-7-6-14-3/h4-8H2,1-3H3,(H,11,12). The SMILES string of the molecule is COCCOCCCS(=O)C(C)(C)C(=O)O. The smallest absolute Gasteiger partial charge is 0.321 e. The first kappa shape index (κ1) is 15.5. The van der Waals surface area contributed by atoms with E-state index in [2.05, 4.69) is 0 Å². The van der Waals surface area contributed by atoms with Crippen molar-refractivity contribution in [3.63, 3.8) is 0 Å². The highest BCUT2D eigenvalue weighted by Gasteiger charge is 2.33. The minimum atomic E-state index is -1.38. The molecule has 6 heteroatoms. The summed E-state index contributed by atoms with van der Waals surface area (Å²) in [7, 11) is 0.213. The Bertz CT molecular complexity index is 239. The third-order valence-electron chi connectivity index (χ3n) is 2.13. The third kappa shape index (κ3) is 5.58. The summed E-state index contributed by atoms with van der Waals surface area (Å²) in [4.78, 5) is 10.8. The Morgan fingerprint density at radius 3 is 2.44 bits per heavy atom. The van der Waals surface area contributed by atoms with Gasteiger partial charge in [0.05, 0.1) is 13.2 Å². The second-order valence-corrected chi connectivity index (χ2v) is 5.94. The Balaban J connectivity index is 3.70. The van der Waals surface area contributed by atoms with Crippen LogP contribution in [0.3, 0.4) is 0 Å². The Labute approximate surface area is 98.6 Å². The normalized spacial score (nSPS) is 13.7. The van der Waals surface area contributed by atoms with Crippen LogP contribution in [0.5, 0.6) is 0 Å². The third-order valence-corrected chi connectivity index (χ3v) is 4.11. The largest absolute Gasteiger partial charge is 0.480 e. The number of aliphatic carboxylic acids is 1. The summed E-state index contributed by atoms with van der Waals surface area (Å²) in [6.07, 6.45) is 0.590. The molecule has 0 saturated carbocycles. The van der Waals surface area contributed by atoms with Crippen molar-refractivity contribution in [3.05, 3.63) is 0 Å². The van der Waals surface area contributed by atoms with E-state index in [-0.39, 0.29) is 0 Å². The molecule has 0 aliphatic rings. The van der Waals surface area contributed by atoms with Gasteiger partial charge in [-0.05, 0) is 20.3 Å². The van der Waals surface area contributed by atoms with Crippen LogP contribution in [0.4, 0.5) is 0 Å². The van der Waals surface area contributed by atoms with Crippen LogP contribution in [0.25, 0.3) is 0 Å². The van der Waals surface area contributed by atoms with Gasteiger partial charge in [0.2, 0.25) is 0 Å². The molecular weight excluding hydrogens is 232 g/mol. The van der Waals surface area contributed by atoms with E-state index in [0.29, 0.717) is 32.0 Å². The Hall–Kier alpha value is -0.460. The van der Waals surface area contributed by atoms with Crippen molar-refractivity contribution in [1.82, 2.24) is 0 Å². The molecular formula is C10H20O5S. The van der Waals surface area contributed by atoms with E-state index < -0.39 is 21.5 Å². The number of carboxylic acid groups (broad SMARTS) is 1. The van der Waals surface area contributed by atoms with Gasteiger partial charge in [-0.15, -0.1) is 0 Å². The lowest BCUT2D eigenvalue weighted by atomic mass is 10.2. The molecule has 16 heavy (non-hydrogen) atoms. The van der Waals surface area contributed by atoms with Gasteiger partial charge in [0.1, 0.15) is 4.75 Å². The lowest BCUT2D eigenvalue weighted by Crippen LogP contribution is -2.37. The van der Waals surface area contributed by atoms with E-state index in [4.69, 9.17) is 14.6 Å². The van der Waals surface area contributed by atoms with Crippen molar-refractivity contribution in [3.8, 4) is 0 Å². The van der Waals surface area contributed by atoms with Gasteiger partial charge in [-0.2, -0.15) is 0 Å². The number of hydrogen-bond acceptors (Lipinski definition) is 4. The van der Waals surface area contributed by atoms with E-state index in [1.807, 2.05) is 0 Å². The average Bonchev–Trinajstić information content (AvgIpc) is 2.22. The van der Waals surface area contributed by atoms with Crippen molar-refractivity contribution in [1.29, 1.82) is 0 Å². The van der Waals surface area contributed by atoms with Crippen LogP contribution >= 0.6 is 0 Å². The molecule has 0 bridgehead atoms. The predicted molar refractivity (Wildman–Crippen MR) is 62.0 cm³/mol. The molecule has 1 atom stereocenters. The lowest BCUT2D eigenvalue weighted by Gasteiger charge is -2.18. The fraction of sp³-hybridized carbons (Fsp3) is 0.900. The maximum absolute atomic E-state index is 11.6. The average molecular weight is 252 g/mol. The molecule has 0 amide bonds. The highest BCUT2D eigenvalue weighted by Crippen LogP contribution is 2.14. The van der Waals surface area contributed by atoms with Crippen LogP contribution in [-0.2, 0) is 25.1 Å². The highest BCUT2D eigenvalue weighted by atomic mass is 32.2. The zero-order valence-corrected chi connectivity index (χ0v) is 10.8. The van der Waals surface area contributed by atoms with Gasteiger partial charge in [-0.25, -0.2) is 0 Å². The van der Waals surface area contributed by atoms with Gasteiger partial charge in [0.25, 0.3) is 0 Å². The van der Waals surface area contributed by atoms with E-state index in [1.54, 1.807) is 7.11 Å². The summed E-state index contributed by atoms with van der Waals surface area (Å²) in [5.74, 6) is -0.696. The van der Waals surface area contributed by atoms with Gasteiger partial charge in [-0.3, -0.25) is 9.00 Å². The number of hydrogen-bond donors (Lipinski definition) is 1. The summed E-state index contributed by atoms with van der Waals surface area (Å²) < 4.78 is 20.4. The Kier molecular flexibility index (Phi) is 7.53. The first-order valence-corrected chi connectivity index (χ1v) is 6.43. The van der Waals surface area contributed by atoms with Crippen LogP contribution in [-0.4, -0.2) is 52.7 Å². The van der Waals surface area contributed by atoms with Gasteiger partial charge in [-0.1, -0.05) is 0 Å². The molecule has 0 aliphatic carbocycles. The monoisotopic (exact) mass is 252 g/mol. The van der Waals surface area contributed by atoms with E-state index in [1.165, 1.54) is 13.8 Å². The lowest BCUT2D eigenvalue weighted by molar-refractivity contribution is -0.139. The van der Waals surface area contributed by atoms with Crippen LogP contribution in [0, 0.1) is 0 Å². The van der Waals surface area contributed by atoms with Crippen LogP contribution in [0.15, 0.2) is 0 Å². The maximum Gasteiger partial charge on any atom is 0.321 e. The number of ether oxygens (including phenoxy) is 2. The molecule has 0 saturated heterocycles. The molecule has 1 N–H and O–H groups in total. The second kappa shape index (κ2) is 7.76. The topological polar surface area (TPSA) is 72.8 Å². The molecule has 5 nitrogen and oxygen atoms in total. The molecule has 0 rings (SSSR count). The summed E-state index contributed by atoms with van der Waals surface area (Å²) in [6.45, 7) is 4.45. The van der Waals surface area contributed by atoms with Crippen molar-refractivity contribution < 1.29 is 23.6 Å². The Morgan fingerprint density at radius 2 is 1.94 bits per heavy atom. The molecule has 0 radical (unpaired) electrons. The molecule has 1 unspecified atom stereocenters. The molecule has 0 aromatic rings. The first-order chi connectivity index (χ1) is 7.42. The number of methoxy groups -OCH3 is 1. The quantitative estimate of drug-likeness (QED) is 0.610. The van der Waals surface area contributed by atoms with Gasteiger partial charge in [0, 0.05) is 30.3 Å². The van der Waals surface area contributed by atoms with Crippen molar-refractivity contribution in [2.75, 3.05) is 32.7 Å². The summed E-state index contributed by atoms with van der Waals surface area (Å²) in [5, 5.41) is 8.84.